The van der Waals surface area contributed by atoms with Crippen molar-refractivity contribution in [2.45, 2.75) is 26.2 Å². The molecule has 1 amide bonds. The van der Waals surface area contributed by atoms with Crippen LogP contribution in [0.25, 0.3) is 11.0 Å². The van der Waals surface area contributed by atoms with Gasteiger partial charge in [-0.1, -0.05) is 23.7 Å². The first-order valence-electron chi connectivity index (χ1n) is 10.7. The van der Waals surface area contributed by atoms with E-state index in [1.807, 2.05) is 36.1 Å². The highest BCUT2D eigenvalue weighted by molar-refractivity contribution is 6.35. The number of piperazine rings is 1. The fourth-order valence-electron chi connectivity index (χ4n) is 4.57. The van der Waals surface area contributed by atoms with Gasteiger partial charge in [0.2, 0.25) is 5.91 Å². The summed E-state index contributed by atoms with van der Waals surface area (Å²) in [6, 6.07) is 9.89. The first-order valence-corrected chi connectivity index (χ1v) is 11.1. The topological polar surface area (TPSA) is 55.2 Å². The third-order valence-corrected chi connectivity index (χ3v) is 6.53. The van der Waals surface area contributed by atoms with Crippen molar-refractivity contribution < 1.29 is 19.0 Å². The summed E-state index contributed by atoms with van der Waals surface area (Å²) in [7, 11) is 0. The van der Waals surface area contributed by atoms with Crippen LogP contribution in [0.15, 0.2) is 41.0 Å². The minimum atomic E-state index is 0.181. The molecule has 3 heterocycles. The molecule has 1 saturated heterocycles. The van der Waals surface area contributed by atoms with E-state index in [-0.39, 0.29) is 5.91 Å². The molecule has 2 aliphatic heterocycles. The van der Waals surface area contributed by atoms with Crippen molar-refractivity contribution in [3.8, 4) is 5.75 Å². The minimum Gasteiger partial charge on any atom is -0.462 e. The standard InChI is InChI=1S/C24H25ClN2O4/c1-16-5-7-19(25)24-23(16)17(15-29-24)6-8-22(28)27-12-10-26(11-13-27)20-3-2-4-21-18(20)9-14-30-31-21/h2-5,7,15H,6,8-14H2,1H3. The number of nitrogens with zero attached hydrogens (tertiary/aromatic N) is 2. The third-order valence-electron chi connectivity index (χ3n) is 6.23. The third kappa shape index (κ3) is 3.86. The van der Waals surface area contributed by atoms with E-state index in [9.17, 15) is 4.79 Å². The van der Waals surface area contributed by atoms with Crippen LogP contribution >= 0.6 is 11.6 Å². The van der Waals surface area contributed by atoms with E-state index in [0.717, 1.165) is 54.9 Å². The Bertz CT molecular complexity index is 1120. The lowest BCUT2D eigenvalue weighted by Crippen LogP contribution is -2.49. The zero-order chi connectivity index (χ0) is 21.4. The van der Waals surface area contributed by atoms with Crippen molar-refractivity contribution in [3.05, 3.63) is 58.3 Å². The molecule has 0 N–H and O–H groups in total. The Morgan fingerprint density at radius 2 is 1.97 bits per heavy atom. The van der Waals surface area contributed by atoms with Crippen LogP contribution in [0.1, 0.15) is 23.1 Å². The van der Waals surface area contributed by atoms with Crippen molar-refractivity contribution in [2.75, 3.05) is 37.7 Å². The number of carbonyl (C=O) groups excluding carboxylic acids is 1. The number of anilines is 1. The van der Waals surface area contributed by atoms with E-state index >= 15 is 0 Å². The van der Waals surface area contributed by atoms with Gasteiger partial charge in [-0.15, -0.1) is 0 Å². The molecule has 6 nitrogen and oxygen atoms in total. The maximum atomic E-state index is 12.9. The van der Waals surface area contributed by atoms with Crippen LogP contribution in [0.4, 0.5) is 5.69 Å². The Morgan fingerprint density at radius 1 is 1.13 bits per heavy atom. The summed E-state index contributed by atoms with van der Waals surface area (Å²) in [6.07, 6.45) is 3.69. The normalized spacial score (nSPS) is 16.3. The largest absolute Gasteiger partial charge is 0.462 e. The first kappa shape index (κ1) is 20.2. The summed E-state index contributed by atoms with van der Waals surface area (Å²) >= 11 is 6.25. The second kappa shape index (κ2) is 8.44. The summed E-state index contributed by atoms with van der Waals surface area (Å²) < 4.78 is 5.66. The molecule has 0 spiro atoms. The van der Waals surface area contributed by atoms with E-state index in [2.05, 4.69) is 11.0 Å². The number of halogens is 1. The van der Waals surface area contributed by atoms with Gasteiger partial charge in [-0.05, 0) is 42.7 Å². The Balaban J connectivity index is 1.21. The number of carbonyl (C=O) groups is 1. The van der Waals surface area contributed by atoms with Gasteiger partial charge in [0.15, 0.2) is 11.3 Å². The molecular formula is C24H25ClN2O4. The molecule has 0 unspecified atom stereocenters. The number of benzene rings is 2. The van der Waals surface area contributed by atoms with Crippen molar-refractivity contribution in [2.24, 2.45) is 0 Å². The summed E-state index contributed by atoms with van der Waals surface area (Å²) in [4.78, 5) is 27.6. The van der Waals surface area contributed by atoms with Gasteiger partial charge in [0.05, 0.1) is 17.9 Å². The Labute approximate surface area is 186 Å². The number of hydrogen-bond donors (Lipinski definition) is 0. The van der Waals surface area contributed by atoms with Gasteiger partial charge >= 0.3 is 0 Å². The van der Waals surface area contributed by atoms with Gasteiger partial charge in [-0.25, -0.2) is 0 Å². The summed E-state index contributed by atoms with van der Waals surface area (Å²) in [5, 5.41) is 1.64. The zero-order valence-electron chi connectivity index (χ0n) is 17.5. The first-order chi connectivity index (χ1) is 15.1. The number of amides is 1. The molecule has 7 heteroatoms. The monoisotopic (exact) mass is 440 g/mol. The molecular weight excluding hydrogens is 416 g/mol. The molecule has 3 aromatic rings. The van der Waals surface area contributed by atoms with Crippen LogP contribution in [0.3, 0.4) is 0 Å². The van der Waals surface area contributed by atoms with Crippen LogP contribution in [0, 0.1) is 6.92 Å². The number of hydrogen-bond acceptors (Lipinski definition) is 5. The highest BCUT2D eigenvalue weighted by atomic mass is 35.5. The maximum Gasteiger partial charge on any atom is 0.223 e. The number of aryl methyl sites for hydroxylation is 2. The van der Waals surface area contributed by atoms with Gasteiger partial charge in [-0.2, -0.15) is 4.89 Å². The number of rotatable bonds is 4. The van der Waals surface area contributed by atoms with E-state index < -0.39 is 0 Å². The molecule has 0 aliphatic carbocycles. The van der Waals surface area contributed by atoms with Gasteiger partial charge < -0.3 is 19.1 Å². The molecule has 5 rings (SSSR count). The summed E-state index contributed by atoms with van der Waals surface area (Å²) in [5.41, 5.74) is 5.24. The predicted octanol–water partition coefficient (Wildman–Crippen LogP) is 4.54. The Kier molecular flexibility index (Phi) is 5.50. The molecule has 2 aromatic carbocycles. The van der Waals surface area contributed by atoms with Crippen LogP contribution < -0.4 is 9.79 Å². The maximum absolute atomic E-state index is 12.9. The van der Waals surface area contributed by atoms with Crippen LogP contribution in [0.2, 0.25) is 5.02 Å². The molecule has 31 heavy (non-hydrogen) atoms. The Morgan fingerprint density at radius 3 is 2.81 bits per heavy atom. The van der Waals surface area contributed by atoms with Crippen LogP contribution in [-0.4, -0.2) is 43.6 Å². The smallest absolute Gasteiger partial charge is 0.223 e. The van der Waals surface area contributed by atoms with Crippen molar-refractivity contribution in [1.82, 2.24) is 4.90 Å². The summed E-state index contributed by atoms with van der Waals surface area (Å²) in [5.74, 6) is 0.977. The predicted molar refractivity (Wildman–Crippen MR) is 120 cm³/mol. The second-order valence-electron chi connectivity index (χ2n) is 8.11. The van der Waals surface area contributed by atoms with Gasteiger partial charge in [0.25, 0.3) is 0 Å². The van der Waals surface area contributed by atoms with Crippen molar-refractivity contribution >= 4 is 34.2 Å². The van der Waals surface area contributed by atoms with Crippen molar-refractivity contribution in [1.29, 1.82) is 0 Å². The van der Waals surface area contributed by atoms with E-state index in [0.29, 0.717) is 30.1 Å². The molecule has 0 atom stereocenters. The molecule has 0 bridgehead atoms. The number of furan rings is 1. The molecule has 0 radical (unpaired) electrons. The lowest BCUT2D eigenvalue weighted by molar-refractivity contribution is -0.215. The lowest BCUT2D eigenvalue weighted by atomic mass is 10.0. The highest BCUT2D eigenvalue weighted by Crippen LogP contribution is 2.34. The van der Waals surface area contributed by atoms with Crippen LogP contribution in [-0.2, 0) is 22.5 Å². The van der Waals surface area contributed by atoms with Gasteiger partial charge in [-0.3, -0.25) is 4.79 Å². The SMILES string of the molecule is Cc1ccc(Cl)c2occ(CCC(=O)N3CCN(c4cccc5c4CCOO5)CC3)c12. The summed E-state index contributed by atoms with van der Waals surface area (Å²) in [6.45, 7) is 5.67. The quantitative estimate of drug-likeness (QED) is 0.557. The molecule has 1 aromatic heterocycles. The minimum absolute atomic E-state index is 0.181. The molecule has 0 saturated carbocycles. The Hall–Kier alpha value is -2.70. The lowest BCUT2D eigenvalue weighted by Gasteiger charge is -2.37. The highest BCUT2D eigenvalue weighted by Gasteiger charge is 2.25. The molecule has 2 aliphatic rings. The fourth-order valence-corrected chi connectivity index (χ4v) is 4.77. The van der Waals surface area contributed by atoms with Gasteiger partial charge in [0, 0.05) is 55.7 Å². The zero-order valence-corrected chi connectivity index (χ0v) is 18.3. The second-order valence-corrected chi connectivity index (χ2v) is 8.51. The van der Waals surface area contributed by atoms with Crippen molar-refractivity contribution in [3.63, 3.8) is 0 Å². The average molecular weight is 441 g/mol. The molecule has 1 fully saturated rings. The van der Waals surface area contributed by atoms with Crippen LogP contribution in [0.5, 0.6) is 5.75 Å². The van der Waals surface area contributed by atoms with E-state index in [4.69, 9.17) is 25.8 Å². The number of fused-ring (bicyclic) bond motifs is 2. The fraction of sp³-hybridized carbons (Fsp3) is 0.375. The molecule has 162 valence electrons. The average Bonchev–Trinajstić information content (AvgIpc) is 3.25. The van der Waals surface area contributed by atoms with E-state index in [1.54, 1.807) is 6.26 Å². The van der Waals surface area contributed by atoms with Gasteiger partial charge in [0.1, 0.15) is 0 Å². The van der Waals surface area contributed by atoms with E-state index in [1.165, 1.54) is 11.3 Å².